The predicted molar refractivity (Wildman–Crippen MR) is 62.9 cm³/mol. The monoisotopic (exact) mass is 216 g/mol. The van der Waals surface area contributed by atoms with Crippen molar-refractivity contribution < 1.29 is 9.90 Å². The molecule has 0 radical (unpaired) electrons. The van der Waals surface area contributed by atoms with Crippen LogP contribution in [-0.4, -0.2) is 22.6 Å². The number of hydrogen-bond acceptors (Lipinski definition) is 3. The van der Waals surface area contributed by atoms with Crippen LogP contribution in [0.2, 0.25) is 0 Å². The summed E-state index contributed by atoms with van der Waals surface area (Å²) in [6.07, 6.45) is 1.71. The number of benzene rings is 1. The molecular formula is C12H12N2O2. The summed E-state index contributed by atoms with van der Waals surface area (Å²) >= 11 is 0. The number of fused-ring (bicyclic) bond motifs is 1. The van der Waals surface area contributed by atoms with Gasteiger partial charge in [-0.25, -0.2) is 9.78 Å². The summed E-state index contributed by atoms with van der Waals surface area (Å²) in [6.45, 7) is 2.73. The molecule has 1 aromatic heterocycles. The summed E-state index contributed by atoms with van der Waals surface area (Å²) in [5.74, 6) is -0.198. The minimum absolute atomic E-state index is 0.277. The topological polar surface area (TPSA) is 62.2 Å². The molecule has 16 heavy (non-hydrogen) atoms. The molecule has 0 unspecified atom stereocenters. The number of anilines is 1. The van der Waals surface area contributed by atoms with Gasteiger partial charge >= 0.3 is 5.97 Å². The predicted octanol–water partition coefficient (Wildman–Crippen LogP) is 2.36. The molecule has 0 spiro atoms. The van der Waals surface area contributed by atoms with Gasteiger partial charge in [0.2, 0.25) is 0 Å². The van der Waals surface area contributed by atoms with E-state index in [0.717, 1.165) is 23.1 Å². The van der Waals surface area contributed by atoms with E-state index < -0.39 is 5.97 Å². The molecule has 2 rings (SSSR count). The van der Waals surface area contributed by atoms with Crippen molar-refractivity contribution >= 4 is 22.6 Å². The van der Waals surface area contributed by atoms with E-state index in [0.29, 0.717) is 0 Å². The maximum atomic E-state index is 10.9. The fourth-order valence-corrected chi connectivity index (χ4v) is 1.61. The van der Waals surface area contributed by atoms with Gasteiger partial charge in [-0.15, -0.1) is 0 Å². The van der Waals surface area contributed by atoms with Crippen LogP contribution in [-0.2, 0) is 0 Å². The van der Waals surface area contributed by atoms with E-state index in [1.165, 1.54) is 0 Å². The Labute approximate surface area is 92.9 Å². The van der Waals surface area contributed by atoms with Crippen molar-refractivity contribution in [2.75, 3.05) is 11.9 Å². The number of pyridine rings is 1. The average Bonchev–Trinajstić information content (AvgIpc) is 2.29. The number of aromatic nitrogens is 1. The lowest BCUT2D eigenvalue weighted by molar-refractivity contribution is 0.0697. The molecule has 82 valence electrons. The van der Waals surface area contributed by atoms with Gasteiger partial charge in [0.25, 0.3) is 0 Å². The zero-order valence-electron chi connectivity index (χ0n) is 8.90. The van der Waals surface area contributed by atoms with Crippen molar-refractivity contribution in [2.24, 2.45) is 0 Å². The van der Waals surface area contributed by atoms with Crippen molar-refractivity contribution in [1.29, 1.82) is 0 Å². The quantitative estimate of drug-likeness (QED) is 0.826. The second-order valence-corrected chi connectivity index (χ2v) is 3.43. The Kier molecular flexibility index (Phi) is 2.72. The van der Waals surface area contributed by atoms with E-state index in [-0.39, 0.29) is 5.56 Å². The lowest BCUT2D eigenvalue weighted by Crippen LogP contribution is -2.01. The number of aromatic carboxylic acids is 1. The molecule has 0 bridgehead atoms. The molecule has 1 aromatic carbocycles. The van der Waals surface area contributed by atoms with Gasteiger partial charge in [-0.2, -0.15) is 0 Å². The molecule has 4 nitrogen and oxygen atoms in total. The Bertz CT molecular complexity index is 538. The Morgan fingerprint density at radius 2 is 2.25 bits per heavy atom. The van der Waals surface area contributed by atoms with Gasteiger partial charge < -0.3 is 10.4 Å². The van der Waals surface area contributed by atoms with Gasteiger partial charge in [0.05, 0.1) is 5.56 Å². The average molecular weight is 216 g/mol. The molecule has 0 saturated heterocycles. The first-order valence-electron chi connectivity index (χ1n) is 5.08. The van der Waals surface area contributed by atoms with Crippen LogP contribution < -0.4 is 5.32 Å². The summed E-state index contributed by atoms with van der Waals surface area (Å²) < 4.78 is 0. The third kappa shape index (κ3) is 1.82. The second kappa shape index (κ2) is 4.18. The fraction of sp³-hybridized carbons (Fsp3) is 0.167. The number of carbonyl (C=O) groups is 1. The number of nitrogens with one attached hydrogen (secondary N) is 1. The van der Waals surface area contributed by atoms with E-state index in [4.69, 9.17) is 5.11 Å². The fourth-order valence-electron chi connectivity index (χ4n) is 1.61. The largest absolute Gasteiger partial charge is 0.478 e. The SMILES string of the molecule is CCNc1nccc2ccc(C(=O)O)cc12. The summed E-state index contributed by atoms with van der Waals surface area (Å²) in [6, 6.07) is 6.90. The van der Waals surface area contributed by atoms with Crippen molar-refractivity contribution in [3.05, 3.63) is 36.0 Å². The third-order valence-electron chi connectivity index (χ3n) is 2.36. The number of rotatable bonds is 3. The smallest absolute Gasteiger partial charge is 0.335 e. The van der Waals surface area contributed by atoms with E-state index in [9.17, 15) is 4.79 Å². The Morgan fingerprint density at radius 1 is 1.44 bits per heavy atom. The number of nitrogens with zero attached hydrogens (tertiary/aromatic N) is 1. The van der Waals surface area contributed by atoms with Crippen LogP contribution in [0.3, 0.4) is 0 Å². The highest BCUT2D eigenvalue weighted by atomic mass is 16.4. The lowest BCUT2D eigenvalue weighted by Gasteiger charge is -2.07. The molecule has 0 aliphatic rings. The zero-order chi connectivity index (χ0) is 11.5. The van der Waals surface area contributed by atoms with Crippen LogP contribution in [0.15, 0.2) is 30.5 Å². The Morgan fingerprint density at radius 3 is 2.94 bits per heavy atom. The van der Waals surface area contributed by atoms with Crippen molar-refractivity contribution in [2.45, 2.75) is 6.92 Å². The van der Waals surface area contributed by atoms with Gasteiger partial charge in [-0.05, 0) is 30.5 Å². The number of carboxylic acids is 1. The molecule has 0 saturated carbocycles. The first kappa shape index (κ1) is 10.4. The number of carboxylic acid groups (broad SMARTS) is 1. The van der Waals surface area contributed by atoms with Crippen LogP contribution in [0.5, 0.6) is 0 Å². The minimum Gasteiger partial charge on any atom is -0.478 e. The van der Waals surface area contributed by atoms with Crippen LogP contribution in [0.1, 0.15) is 17.3 Å². The summed E-state index contributed by atoms with van der Waals surface area (Å²) in [5, 5.41) is 13.9. The molecule has 4 heteroatoms. The van der Waals surface area contributed by atoms with Gasteiger partial charge in [-0.1, -0.05) is 6.07 Å². The Hall–Kier alpha value is -2.10. The zero-order valence-corrected chi connectivity index (χ0v) is 8.90. The molecule has 2 N–H and O–H groups in total. The molecule has 2 aromatic rings. The van der Waals surface area contributed by atoms with Crippen molar-refractivity contribution in [3.8, 4) is 0 Å². The first-order chi connectivity index (χ1) is 7.72. The maximum absolute atomic E-state index is 10.9. The highest BCUT2D eigenvalue weighted by Gasteiger charge is 2.06. The standard InChI is InChI=1S/C12H12N2O2/c1-2-13-11-10-7-9(12(15)16)4-3-8(10)5-6-14-11/h3-7H,2H2,1H3,(H,13,14)(H,15,16). The lowest BCUT2D eigenvalue weighted by atomic mass is 10.1. The van der Waals surface area contributed by atoms with Crippen LogP contribution in [0, 0.1) is 0 Å². The second-order valence-electron chi connectivity index (χ2n) is 3.43. The molecule has 0 atom stereocenters. The molecule has 0 amide bonds. The van der Waals surface area contributed by atoms with E-state index in [1.807, 2.05) is 13.0 Å². The van der Waals surface area contributed by atoms with Gasteiger partial charge in [0, 0.05) is 18.1 Å². The number of hydrogen-bond donors (Lipinski definition) is 2. The molecule has 0 aliphatic heterocycles. The maximum Gasteiger partial charge on any atom is 0.335 e. The molecule has 1 heterocycles. The summed E-state index contributed by atoms with van der Waals surface area (Å²) in [5.41, 5.74) is 0.277. The van der Waals surface area contributed by atoms with Crippen LogP contribution >= 0.6 is 0 Å². The minimum atomic E-state index is -0.923. The highest BCUT2D eigenvalue weighted by Crippen LogP contribution is 2.22. The molecule has 0 aliphatic carbocycles. The van der Waals surface area contributed by atoms with E-state index in [1.54, 1.807) is 24.4 Å². The summed E-state index contributed by atoms with van der Waals surface area (Å²) in [4.78, 5) is 15.1. The van der Waals surface area contributed by atoms with E-state index in [2.05, 4.69) is 10.3 Å². The third-order valence-corrected chi connectivity index (χ3v) is 2.36. The van der Waals surface area contributed by atoms with Crippen molar-refractivity contribution in [3.63, 3.8) is 0 Å². The molecule has 0 fully saturated rings. The van der Waals surface area contributed by atoms with Crippen LogP contribution in [0.4, 0.5) is 5.82 Å². The van der Waals surface area contributed by atoms with Gasteiger partial charge in [0.1, 0.15) is 5.82 Å². The van der Waals surface area contributed by atoms with Crippen molar-refractivity contribution in [1.82, 2.24) is 4.98 Å². The summed E-state index contributed by atoms with van der Waals surface area (Å²) in [7, 11) is 0. The molecular weight excluding hydrogens is 204 g/mol. The first-order valence-corrected chi connectivity index (χ1v) is 5.08. The van der Waals surface area contributed by atoms with Crippen LogP contribution in [0.25, 0.3) is 10.8 Å². The Balaban J connectivity index is 2.63. The highest BCUT2D eigenvalue weighted by molar-refractivity contribution is 5.98. The van der Waals surface area contributed by atoms with Gasteiger partial charge in [0.15, 0.2) is 0 Å². The van der Waals surface area contributed by atoms with Gasteiger partial charge in [-0.3, -0.25) is 0 Å². The van der Waals surface area contributed by atoms with E-state index >= 15 is 0 Å². The normalized spacial score (nSPS) is 10.3.